The molecule has 0 atom stereocenters. The van der Waals surface area contributed by atoms with Crippen molar-refractivity contribution in [1.82, 2.24) is 15.0 Å². The summed E-state index contributed by atoms with van der Waals surface area (Å²) in [6.45, 7) is 2.44. The largest absolute Gasteiger partial charge is 0.324 e. The van der Waals surface area contributed by atoms with Crippen LogP contribution in [0.2, 0.25) is 0 Å². The Labute approximate surface area is 130 Å². The molecule has 0 spiro atoms. The number of aldehydes is 1. The van der Waals surface area contributed by atoms with E-state index in [0.717, 1.165) is 6.07 Å². The van der Waals surface area contributed by atoms with Gasteiger partial charge < -0.3 is 5.32 Å². The van der Waals surface area contributed by atoms with Gasteiger partial charge in [0.05, 0.1) is 5.56 Å². The molecule has 2 aromatic heterocycles. The number of carbonyl (C=O) groups excluding carboxylic acids is 1. The highest BCUT2D eigenvalue weighted by molar-refractivity contribution is 7.98. The van der Waals surface area contributed by atoms with Gasteiger partial charge in [0.15, 0.2) is 11.4 Å². The van der Waals surface area contributed by atoms with Gasteiger partial charge >= 0.3 is 0 Å². The number of pyridine rings is 1. The highest BCUT2D eigenvalue weighted by Gasteiger charge is 2.25. The maximum atomic E-state index is 13.9. The number of thioether (sulfide) groups is 1. The van der Waals surface area contributed by atoms with E-state index in [1.165, 1.54) is 37.9 Å². The maximum absolute atomic E-state index is 13.9. The second kappa shape index (κ2) is 6.35. The summed E-state index contributed by atoms with van der Waals surface area (Å²) in [6, 6.07) is 2.46. The molecule has 0 aromatic carbocycles. The molecule has 0 unspecified atom stereocenters. The number of alkyl halides is 1. The van der Waals surface area contributed by atoms with Crippen LogP contribution in [-0.4, -0.2) is 27.5 Å². The third-order valence-electron chi connectivity index (χ3n) is 2.76. The molecule has 116 valence electrons. The van der Waals surface area contributed by atoms with Crippen LogP contribution >= 0.6 is 11.8 Å². The molecule has 0 amide bonds. The van der Waals surface area contributed by atoms with Gasteiger partial charge in [-0.3, -0.25) is 4.79 Å². The number of rotatable bonds is 5. The molecular weight excluding hydrogens is 310 g/mol. The Kier molecular flexibility index (Phi) is 4.70. The van der Waals surface area contributed by atoms with Gasteiger partial charge in [-0.1, -0.05) is 11.8 Å². The Morgan fingerprint density at radius 2 is 2.05 bits per heavy atom. The Bertz CT molecular complexity index is 704. The minimum absolute atomic E-state index is 0.191. The molecule has 0 aliphatic rings. The number of hydrogen-bond acceptors (Lipinski definition) is 6. The Balaban J connectivity index is 2.41. The van der Waals surface area contributed by atoms with Crippen molar-refractivity contribution in [1.29, 1.82) is 0 Å². The lowest BCUT2D eigenvalue weighted by molar-refractivity contribution is 0.112. The van der Waals surface area contributed by atoms with Crippen LogP contribution in [0.15, 0.2) is 23.5 Å². The topological polar surface area (TPSA) is 67.8 Å². The minimum Gasteiger partial charge on any atom is -0.324 e. The number of anilines is 2. The number of halogens is 2. The molecule has 2 heterocycles. The first-order valence-corrected chi connectivity index (χ1v) is 7.57. The quantitative estimate of drug-likeness (QED) is 0.516. The zero-order valence-electron chi connectivity index (χ0n) is 12.2. The van der Waals surface area contributed by atoms with E-state index in [9.17, 15) is 13.6 Å². The van der Waals surface area contributed by atoms with Crippen molar-refractivity contribution < 1.29 is 13.6 Å². The molecule has 2 aromatic rings. The highest BCUT2D eigenvalue weighted by atomic mass is 32.2. The summed E-state index contributed by atoms with van der Waals surface area (Å²) in [5.41, 5.74) is -2.01. The average molecular weight is 324 g/mol. The van der Waals surface area contributed by atoms with Crippen LogP contribution in [0.4, 0.5) is 20.4 Å². The van der Waals surface area contributed by atoms with Crippen molar-refractivity contribution in [2.45, 2.75) is 24.7 Å². The van der Waals surface area contributed by atoms with E-state index in [1.807, 2.05) is 0 Å². The number of aromatic nitrogens is 3. The third kappa shape index (κ3) is 3.56. The molecular formula is C14H14F2N4OS. The fraction of sp³-hybridized carbons (Fsp3) is 0.286. The van der Waals surface area contributed by atoms with Crippen LogP contribution in [-0.2, 0) is 5.67 Å². The van der Waals surface area contributed by atoms with Gasteiger partial charge in [0, 0.05) is 6.20 Å². The minimum atomic E-state index is -1.93. The smallest absolute Gasteiger partial charge is 0.189 e. The van der Waals surface area contributed by atoms with Gasteiger partial charge in [-0.2, -0.15) is 0 Å². The van der Waals surface area contributed by atoms with E-state index in [1.54, 1.807) is 6.26 Å². The van der Waals surface area contributed by atoms with E-state index in [-0.39, 0.29) is 22.9 Å². The van der Waals surface area contributed by atoms with E-state index < -0.39 is 11.5 Å². The molecule has 1 N–H and O–H groups in total. The Morgan fingerprint density at radius 3 is 2.64 bits per heavy atom. The maximum Gasteiger partial charge on any atom is 0.189 e. The van der Waals surface area contributed by atoms with Crippen molar-refractivity contribution in [3.05, 3.63) is 35.4 Å². The van der Waals surface area contributed by atoms with Gasteiger partial charge in [-0.25, -0.2) is 23.7 Å². The van der Waals surface area contributed by atoms with Gasteiger partial charge in [0.1, 0.15) is 28.8 Å². The molecule has 5 nitrogen and oxygen atoms in total. The van der Waals surface area contributed by atoms with Crippen LogP contribution in [0.5, 0.6) is 0 Å². The highest BCUT2D eigenvalue weighted by Crippen LogP contribution is 2.27. The standard InChI is InChI=1S/C14H14F2N4OS/c1-14(2,16)11-9(15)4-5-10(18-11)19-12-8(7-21)6-17-13(20-12)22-3/h4-7H,1-3H3,(H,17,18,19,20). The predicted molar refractivity (Wildman–Crippen MR) is 80.8 cm³/mol. The summed E-state index contributed by atoms with van der Waals surface area (Å²) >= 11 is 1.30. The Hall–Kier alpha value is -2.09. The molecule has 0 aliphatic carbocycles. The SMILES string of the molecule is CSc1ncc(C=O)c(Nc2ccc(F)c(C(C)(C)F)n2)n1. The van der Waals surface area contributed by atoms with E-state index >= 15 is 0 Å². The second-order valence-corrected chi connectivity index (χ2v) is 5.68. The first kappa shape index (κ1) is 16.3. The van der Waals surface area contributed by atoms with Crippen LogP contribution in [0, 0.1) is 5.82 Å². The predicted octanol–water partition coefficient (Wildman–Crippen LogP) is 3.49. The van der Waals surface area contributed by atoms with Crippen molar-refractivity contribution in [2.24, 2.45) is 0 Å². The molecule has 22 heavy (non-hydrogen) atoms. The summed E-state index contributed by atoms with van der Waals surface area (Å²) in [5, 5.41) is 3.26. The van der Waals surface area contributed by atoms with Crippen molar-refractivity contribution in [3.63, 3.8) is 0 Å². The number of nitrogens with one attached hydrogen (secondary N) is 1. The zero-order chi connectivity index (χ0) is 16.3. The molecule has 0 saturated carbocycles. The van der Waals surface area contributed by atoms with Gasteiger partial charge in [-0.05, 0) is 32.2 Å². The molecule has 0 fully saturated rings. The summed E-state index contributed by atoms with van der Waals surface area (Å²) in [4.78, 5) is 23.1. The second-order valence-electron chi connectivity index (χ2n) is 4.90. The average Bonchev–Trinajstić information content (AvgIpc) is 2.48. The first-order chi connectivity index (χ1) is 10.3. The summed E-state index contributed by atoms with van der Waals surface area (Å²) in [6.07, 6.45) is 3.76. The lowest BCUT2D eigenvalue weighted by Crippen LogP contribution is -2.15. The monoisotopic (exact) mass is 324 g/mol. The number of carbonyl (C=O) groups is 1. The van der Waals surface area contributed by atoms with E-state index in [0.29, 0.717) is 11.4 Å². The molecule has 0 aliphatic heterocycles. The van der Waals surface area contributed by atoms with Crippen molar-refractivity contribution >= 4 is 29.7 Å². The fourth-order valence-electron chi connectivity index (χ4n) is 1.71. The summed E-state index contributed by atoms with van der Waals surface area (Å²) in [7, 11) is 0. The third-order valence-corrected chi connectivity index (χ3v) is 3.32. The Morgan fingerprint density at radius 1 is 1.32 bits per heavy atom. The molecule has 0 bridgehead atoms. The lowest BCUT2D eigenvalue weighted by atomic mass is 10.1. The van der Waals surface area contributed by atoms with Crippen molar-refractivity contribution in [2.75, 3.05) is 11.6 Å². The van der Waals surface area contributed by atoms with Crippen LogP contribution in [0.25, 0.3) is 0 Å². The van der Waals surface area contributed by atoms with Crippen molar-refractivity contribution in [3.8, 4) is 0 Å². The molecule has 0 saturated heterocycles. The van der Waals surface area contributed by atoms with Crippen LogP contribution in [0.3, 0.4) is 0 Å². The molecule has 8 heteroatoms. The van der Waals surface area contributed by atoms with Gasteiger partial charge in [0.2, 0.25) is 0 Å². The summed E-state index contributed by atoms with van der Waals surface area (Å²) in [5.74, 6) is -0.312. The van der Waals surface area contributed by atoms with Gasteiger partial charge in [-0.15, -0.1) is 0 Å². The van der Waals surface area contributed by atoms with Crippen LogP contribution in [0.1, 0.15) is 29.9 Å². The normalized spacial score (nSPS) is 11.3. The number of nitrogens with zero attached hydrogens (tertiary/aromatic N) is 3. The van der Waals surface area contributed by atoms with Crippen LogP contribution < -0.4 is 5.32 Å². The summed E-state index contributed by atoms with van der Waals surface area (Å²) < 4.78 is 27.6. The zero-order valence-corrected chi connectivity index (χ0v) is 13.0. The fourth-order valence-corrected chi connectivity index (χ4v) is 2.05. The van der Waals surface area contributed by atoms with E-state index in [2.05, 4.69) is 20.3 Å². The number of hydrogen-bond donors (Lipinski definition) is 1. The lowest BCUT2D eigenvalue weighted by Gasteiger charge is -2.16. The molecule has 2 rings (SSSR count). The molecule has 0 radical (unpaired) electrons. The van der Waals surface area contributed by atoms with Gasteiger partial charge in [0.25, 0.3) is 0 Å². The van der Waals surface area contributed by atoms with E-state index in [4.69, 9.17) is 0 Å². The first-order valence-electron chi connectivity index (χ1n) is 6.34.